The monoisotopic (exact) mass is 395 g/mol. The summed E-state index contributed by atoms with van der Waals surface area (Å²) in [5.74, 6) is -0.566. The molecule has 2 aromatic carbocycles. The second kappa shape index (κ2) is 8.92. The number of esters is 1. The summed E-state index contributed by atoms with van der Waals surface area (Å²) in [5, 5.41) is 3.37. The highest BCUT2D eigenvalue weighted by Crippen LogP contribution is 2.22. The first kappa shape index (κ1) is 20.1. The number of ether oxygens (including phenoxy) is 2. The summed E-state index contributed by atoms with van der Waals surface area (Å²) in [4.78, 5) is 24.0. The van der Waals surface area contributed by atoms with Crippen LogP contribution >= 0.6 is 23.2 Å². The Morgan fingerprint density at radius 2 is 1.58 bits per heavy atom. The summed E-state index contributed by atoms with van der Waals surface area (Å²) in [5.41, 5.74) is 2.48. The van der Waals surface area contributed by atoms with Gasteiger partial charge in [0.2, 0.25) is 0 Å². The number of carbonyl (C=O) groups is 2. The van der Waals surface area contributed by atoms with Crippen molar-refractivity contribution in [1.29, 1.82) is 0 Å². The minimum absolute atomic E-state index is 0.288. The number of hydrogen-bond acceptors (Lipinski definition) is 4. The summed E-state index contributed by atoms with van der Waals surface area (Å²) < 4.78 is 10.5. The molecule has 2 aromatic rings. The number of rotatable bonds is 6. The molecule has 1 amide bonds. The molecule has 0 saturated carbocycles. The van der Waals surface area contributed by atoms with Crippen LogP contribution in [0.15, 0.2) is 36.4 Å². The van der Waals surface area contributed by atoms with Gasteiger partial charge in [-0.05, 0) is 62.2 Å². The summed E-state index contributed by atoms with van der Waals surface area (Å²) in [7, 11) is 0. The molecular formula is C19H19Cl2NO4. The predicted molar refractivity (Wildman–Crippen MR) is 102 cm³/mol. The molecular weight excluding hydrogens is 377 g/mol. The molecule has 0 fully saturated rings. The van der Waals surface area contributed by atoms with E-state index in [0.717, 1.165) is 11.1 Å². The van der Waals surface area contributed by atoms with Gasteiger partial charge in [-0.25, -0.2) is 4.79 Å². The lowest BCUT2D eigenvalue weighted by Gasteiger charge is -2.14. The van der Waals surface area contributed by atoms with Crippen molar-refractivity contribution in [2.45, 2.75) is 26.9 Å². The van der Waals surface area contributed by atoms with Crippen molar-refractivity contribution in [3.63, 3.8) is 0 Å². The van der Waals surface area contributed by atoms with E-state index < -0.39 is 18.0 Å². The maximum atomic E-state index is 12.1. The molecule has 5 nitrogen and oxygen atoms in total. The van der Waals surface area contributed by atoms with Gasteiger partial charge in [-0.3, -0.25) is 4.79 Å². The summed E-state index contributed by atoms with van der Waals surface area (Å²) in [6.45, 7) is 5.05. The van der Waals surface area contributed by atoms with Gasteiger partial charge in [0.1, 0.15) is 5.75 Å². The number of carbonyl (C=O) groups excluding carboxylic acids is 2. The highest BCUT2D eigenvalue weighted by atomic mass is 35.5. The van der Waals surface area contributed by atoms with Gasteiger partial charge in [0.05, 0.1) is 0 Å². The van der Waals surface area contributed by atoms with E-state index in [1.54, 1.807) is 18.2 Å². The molecule has 0 bridgehead atoms. The molecule has 0 unspecified atom stereocenters. The Bertz CT molecular complexity index is 783. The Kier molecular flexibility index (Phi) is 6.89. The van der Waals surface area contributed by atoms with Gasteiger partial charge >= 0.3 is 5.97 Å². The van der Waals surface area contributed by atoms with Crippen LogP contribution in [0, 0.1) is 13.8 Å². The smallest absolute Gasteiger partial charge is 0.344 e. The van der Waals surface area contributed by atoms with E-state index in [-0.39, 0.29) is 6.61 Å². The van der Waals surface area contributed by atoms with Crippen molar-refractivity contribution in [3.8, 4) is 5.75 Å². The maximum absolute atomic E-state index is 12.1. The number of aryl methyl sites for hydroxylation is 2. The van der Waals surface area contributed by atoms with E-state index in [4.69, 9.17) is 32.7 Å². The van der Waals surface area contributed by atoms with Gasteiger partial charge in [-0.15, -0.1) is 0 Å². The van der Waals surface area contributed by atoms with Gasteiger partial charge in [0.25, 0.3) is 5.91 Å². The first-order valence-electron chi connectivity index (χ1n) is 7.90. The van der Waals surface area contributed by atoms with Crippen molar-refractivity contribution >= 4 is 40.8 Å². The molecule has 138 valence electrons. The van der Waals surface area contributed by atoms with Gasteiger partial charge < -0.3 is 14.8 Å². The zero-order valence-corrected chi connectivity index (χ0v) is 16.1. The maximum Gasteiger partial charge on any atom is 0.344 e. The standard InChI is InChI=1S/C19H19Cl2NO4/c1-11-4-12(2)6-17(5-11)25-10-18(23)26-13(3)19(24)22-16-8-14(20)7-15(21)9-16/h4-9,13H,10H2,1-3H3,(H,22,24)/t13-/m0/s1. The van der Waals surface area contributed by atoms with Crippen LogP contribution in [0.25, 0.3) is 0 Å². The molecule has 0 radical (unpaired) electrons. The first-order chi connectivity index (χ1) is 12.2. The molecule has 0 aliphatic rings. The van der Waals surface area contributed by atoms with E-state index in [1.165, 1.54) is 6.92 Å². The average Bonchev–Trinajstić information content (AvgIpc) is 2.51. The molecule has 1 atom stereocenters. The molecule has 0 aliphatic carbocycles. The fourth-order valence-corrected chi connectivity index (χ4v) is 2.84. The normalized spacial score (nSPS) is 11.6. The summed E-state index contributed by atoms with van der Waals surface area (Å²) >= 11 is 11.8. The van der Waals surface area contributed by atoms with Crippen LogP contribution in [0.2, 0.25) is 10.0 Å². The largest absolute Gasteiger partial charge is 0.482 e. The number of halogens is 2. The highest BCUT2D eigenvalue weighted by molar-refractivity contribution is 6.35. The number of anilines is 1. The molecule has 0 aliphatic heterocycles. The Balaban J connectivity index is 1.86. The van der Waals surface area contributed by atoms with Gasteiger partial charge in [-0.1, -0.05) is 29.3 Å². The number of amides is 1. The van der Waals surface area contributed by atoms with Crippen LogP contribution in [0.5, 0.6) is 5.75 Å². The van der Waals surface area contributed by atoms with E-state index in [0.29, 0.717) is 21.5 Å². The highest BCUT2D eigenvalue weighted by Gasteiger charge is 2.18. The quantitative estimate of drug-likeness (QED) is 0.728. The third-order valence-corrected chi connectivity index (χ3v) is 3.80. The molecule has 0 heterocycles. The Hall–Kier alpha value is -2.24. The van der Waals surface area contributed by atoms with E-state index in [9.17, 15) is 9.59 Å². The molecule has 0 saturated heterocycles. The van der Waals surface area contributed by atoms with Crippen molar-refractivity contribution in [3.05, 3.63) is 57.6 Å². The number of nitrogens with one attached hydrogen (secondary N) is 1. The van der Waals surface area contributed by atoms with Crippen LogP contribution in [0.1, 0.15) is 18.1 Å². The first-order valence-corrected chi connectivity index (χ1v) is 8.66. The van der Waals surface area contributed by atoms with Gasteiger partial charge in [0.15, 0.2) is 12.7 Å². The SMILES string of the molecule is Cc1cc(C)cc(OCC(=O)O[C@@H](C)C(=O)Nc2cc(Cl)cc(Cl)c2)c1. The van der Waals surface area contributed by atoms with Crippen molar-refractivity contribution < 1.29 is 19.1 Å². The van der Waals surface area contributed by atoms with Crippen LogP contribution in [0.3, 0.4) is 0 Å². The minimum Gasteiger partial charge on any atom is -0.482 e. The minimum atomic E-state index is -0.997. The number of benzene rings is 2. The van der Waals surface area contributed by atoms with E-state index in [2.05, 4.69) is 5.32 Å². The van der Waals surface area contributed by atoms with Crippen molar-refractivity contribution in [1.82, 2.24) is 0 Å². The summed E-state index contributed by atoms with van der Waals surface area (Å²) in [6, 6.07) is 10.3. The Labute approximate surface area is 162 Å². The third-order valence-electron chi connectivity index (χ3n) is 3.36. The lowest BCUT2D eigenvalue weighted by atomic mass is 10.1. The zero-order valence-electron chi connectivity index (χ0n) is 14.6. The van der Waals surface area contributed by atoms with Crippen molar-refractivity contribution in [2.24, 2.45) is 0 Å². The van der Waals surface area contributed by atoms with E-state index in [1.807, 2.05) is 32.0 Å². The van der Waals surface area contributed by atoms with Gasteiger partial charge in [-0.2, -0.15) is 0 Å². The van der Waals surface area contributed by atoms with Crippen molar-refractivity contribution in [2.75, 3.05) is 11.9 Å². The zero-order chi connectivity index (χ0) is 19.3. The fourth-order valence-electron chi connectivity index (χ4n) is 2.31. The lowest BCUT2D eigenvalue weighted by Crippen LogP contribution is -2.31. The Morgan fingerprint density at radius 1 is 1.00 bits per heavy atom. The molecule has 2 rings (SSSR count). The van der Waals surface area contributed by atoms with Crippen LogP contribution < -0.4 is 10.1 Å². The molecule has 26 heavy (non-hydrogen) atoms. The predicted octanol–water partition coefficient (Wildman–Crippen LogP) is 4.56. The molecule has 0 spiro atoms. The van der Waals surface area contributed by atoms with E-state index >= 15 is 0 Å². The average molecular weight is 396 g/mol. The lowest BCUT2D eigenvalue weighted by molar-refractivity contribution is -0.155. The Morgan fingerprint density at radius 3 is 2.15 bits per heavy atom. The van der Waals surface area contributed by atoms with Crippen LogP contribution in [-0.2, 0) is 14.3 Å². The molecule has 0 aromatic heterocycles. The number of hydrogen-bond donors (Lipinski definition) is 1. The van der Waals surface area contributed by atoms with Crippen LogP contribution in [0.4, 0.5) is 5.69 Å². The summed E-state index contributed by atoms with van der Waals surface area (Å²) in [6.07, 6.45) is -0.997. The van der Waals surface area contributed by atoms with Gasteiger partial charge in [0, 0.05) is 15.7 Å². The topological polar surface area (TPSA) is 64.6 Å². The molecule has 7 heteroatoms. The third kappa shape index (κ3) is 6.24. The fraction of sp³-hybridized carbons (Fsp3) is 0.263. The molecule has 1 N–H and O–H groups in total. The van der Waals surface area contributed by atoms with Crippen LogP contribution in [-0.4, -0.2) is 24.6 Å². The second-order valence-electron chi connectivity index (χ2n) is 5.89. The second-order valence-corrected chi connectivity index (χ2v) is 6.76.